The van der Waals surface area contributed by atoms with Crippen LogP contribution >= 0.6 is 0 Å². The van der Waals surface area contributed by atoms with Crippen LogP contribution in [0.2, 0.25) is 0 Å². The zero-order valence-electron chi connectivity index (χ0n) is 13.4. The minimum absolute atomic E-state index is 0.0606. The van der Waals surface area contributed by atoms with E-state index in [1.807, 2.05) is 0 Å². The van der Waals surface area contributed by atoms with Gasteiger partial charge in [0.05, 0.1) is 10.5 Å². The van der Waals surface area contributed by atoms with E-state index in [9.17, 15) is 19.3 Å². The fourth-order valence-corrected chi connectivity index (χ4v) is 2.22. The third-order valence-corrected chi connectivity index (χ3v) is 3.51. The summed E-state index contributed by atoms with van der Waals surface area (Å²) < 4.78 is 18.7. The van der Waals surface area contributed by atoms with Crippen molar-refractivity contribution in [3.8, 4) is 11.4 Å². The number of nitro groups is 1. The molecule has 1 aromatic heterocycles. The lowest BCUT2D eigenvalue weighted by Gasteiger charge is -2.03. The second-order valence-electron chi connectivity index (χ2n) is 5.34. The molecule has 1 amide bonds. The van der Waals surface area contributed by atoms with Gasteiger partial charge in [0.15, 0.2) is 0 Å². The topological polar surface area (TPSA) is 111 Å². The Labute approximate surface area is 146 Å². The summed E-state index contributed by atoms with van der Waals surface area (Å²) >= 11 is 0. The van der Waals surface area contributed by atoms with E-state index in [0.717, 1.165) is 0 Å². The van der Waals surface area contributed by atoms with Gasteiger partial charge in [0.2, 0.25) is 17.6 Å². The molecule has 1 N–H and O–H groups in total. The number of anilines is 1. The van der Waals surface area contributed by atoms with Crippen molar-refractivity contribution in [3.63, 3.8) is 0 Å². The zero-order valence-corrected chi connectivity index (χ0v) is 13.4. The van der Waals surface area contributed by atoms with Crippen molar-refractivity contribution in [2.45, 2.75) is 12.8 Å². The summed E-state index contributed by atoms with van der Waals surface area (Å²) in [4.78, 5) is 26.1. The van der Waals surface area contributed by atoms with Crippen molar-refractivity contribution < 1.29 is 18.6 Å². The molecule has 0 unspecified atom stereocenters. The van der Waals surface area contributed by atoms with Gasteiger partial charge in [-0.25, -0.2) is 4.39 Å². The maximum absolute atomic E-state index is 13.7. The quantitative estimate of drug-likeness (QED) is 0.535. The highest BCUT2D eigenvalue weighted by Gasteiger charge is 2.13. The molecule has 0 aliphatic heterocycles. The summed E-state index contributed by atoms with van der Waals surface area (Å²) in [5.41, 5.74) is 0.602. The Balaban J connectivity index is 1.56. The van der Waals surface area contributed by atoms with Crippen molar-refractivity contribution in [2.24, 2.45) is 0 Å². The third-order valence-electron chi connectivity index (χ3n) is 3.51. The number of aromatic nitrogens is 2. The highest BCUT2D eigenvalue weighted by atomic mass is 19.1. The van der Waals surface area contributed by atoms with Crippen molar-refractivity contribution in [1.82, 2.24) is 10.1 Å². The highest BCUT2D eigenvalue weighted by molar-refractivity contribution is 5.90. The number of carbonyl (C=O) groups excluding carboxylic acids is 1. The average Bonchev–Trinajstić information content (AvgIpc) is 3.09. The van der Waals surface area contributed by atoms with Crippen LogP contribution in [-0.4, -0.2) is 21.0 Å². The Kier molecular flexibility index (Phi) is 4.97. The number of hydrogen-bond acceptors (Lipinski definition) is 6. The second kappa shape index (κ2) is 7.51. The summed E-state index contributed by atoms with van der Waals surface area (Å²) in [6.07, 6.45) is 0.246. The van der Waals surface area contributed by atoms with Crippen molar-refractivity contribution >= 4 is 17.3 Å². The molecule has 0 aliphatic rings. The van der Waals surface area contributed by atoms with Gasteiger partial charge in [-0.2, -0.15) is 4.98 Å². The molecule has 9 heteroatoms. The number of non-ortho nitro benzene ring substituents is 1. The van der Waals surface area contributed by atoms with E-state index < -0.39 is 10.7 Å². The molecule has 3 rings (SSSR count). The van der Waals surface area contributed by atoms with Gasteiger partial charge in [0, 0.05) is 30.7 Å². The maximum Gasteiger partial charge on any atom is 0.269 e. The molecule has 0 radical (unpaired) electrons. The number of carbonyl (C=O) groups is 1. The molecule has 0 saturated carbocycles. The predicted octanol–water partition coefficient (Wildman–Crippen LogP) is 3.36. The summed E-state index contributed by atoms with van der Waals surface area (Å²) in [6, 6.07) is 11.5. The SMILES string of the molecule is O=C(CCc1nc(-c2ccccc2F)no1)Nc1ccc([N+](=O)[O-])cc1. The molecule has 1 heterocycles. The fraction of sp³-hybridized carbons (Fsp3) is 0.118. The molecule has 132 valence electrons. The van der Waals surface area contributed by atoms with E-state index in [-0.39, 0.29) is 41.7 Å². The molecule has 0 bridgehead atoms. The number of aryl methyl sites for hydroxylation is 1. The molecule has 0 saturated heterocycles. The molecule has 0 spiro atoms. The van der Waals surface area contributed by atoms with Crippen molar-refractivity contribution in [1.29, 1.82) is 0 Å². The van der Waals surface area contributed by atoms with E-state index in [4.69, 9.17) is 4.52 Å². The molecule has 0 atom stereocenters. The molecule has 26 heavy (non-hydrogen) atoms. The van der Waals surface area contributed by atoms with Crippen LogP contribution in [0.3, 0.4) is 0 Å². The molecule has 0 aliphatic carbocycles. The van der Waals surface area contributed by atoms with Crippen LogP contribution in [0.25, 0.3) is 11.4 Å². The smallest absolute Gasteiger partial charge is 0.269 e. The predicted molar refractivity (Wildman–Crippen MR) is 89.7 cm³/mol. The van der Waals surface area contributed by atoms with Crippen LogP contribution in [0.15, 0.2) is 53.1 Å². The second-order valence-corrected chi connectivity index (χ2v) is 5.34. The van der Waals surface area contributed by atoms with Gasteiger partial charge < -0.3 is 9.84 Å². The van der Waals surface area contributed by atoms with Gasteiger partial charge in [0.1, 0.15) is 5.82 Å². The van der Waals surface area contributed by atoms with E-state index in [0.29, 0.717) is 5.69 Å². The Morgan fingerprint density at radius 2 is 1.92 bits per heavy atom. The van der Waals surface area contributed by atoms with Gasteiger partial charge in [-0.1, -0.05) is 17.3 Å². The first-order chi connectivity index (χ1) is 12.5. The Hall–Kier alpha value is -3.62. The lowest BCUT2D eigenvalue weighted by Crippen LogP contribution is -2.12. The number of rotatable bonds is 6. The van der Waals surface area contributed by atoms with Crippen molar-refractivity contribution in [2.75, 3.05) is 5.32 Å². The minimum atomic E-state index is -0.520. The largest absolute Gasteiger partial charge is 0.339 e. The monoisotopic (exact) mass is 356 g/mol. The molecule has 3 aromatic rings. The Morgan fingerprint density at radius 3 is 2.62 bits per heavy atom. The number of nitrogens with one attached hydrogen (secondary N) is 1. The zero-order chi connectivity index (χ0) is 18.5. The Morgan fingerprint density at radius 1 is 1.19 bits per heavy atom. The normalized spacial score (nSPS) is 10.5. The van der Waals surface area contributed by atoms with Crippen molar-refractivity contribution in [3.05, 3.63) is 70.4 Å². The van der Waals surface area contributed by atoms with Gasteiger partial charge in [-0.3, -0.25) is 14.9 Å². The average molecular weight is 356 g/mol. The van der Waals surface area contributed by atoms with Gasteiger partial charge in [-0.05, 0) is 24.3 Å². The van der Waals surface area contributed by atoms with E-state index in [1.165, 1.54) is 36.4 Å². The lowest BCUT2D eigenvalue weighted by atomic mass is 10.2. The lowest BCUT2D eigenvalue weighted by molar-refractivity contribution is -0.384. The highest BCUT2D eigenvalue weighted by Crippen LogP contribution is 2.20. The molecule has 8 nitrogen and oxygen atoms in total. The molecule has 0 fully saturated rings. The number of nitrogens with zero attached hydrogens (tertiary/aromatic N) is 3. The summed E-state index contributed by atoms with van der Waals surface area (Å²) in [7, 11) is 0. The standard InChI is InChI=1S/C17H13FN4O4/c18-14-4-2-1-3-13(14)17-20-16(26-21-17)10-9-15(23)19-11-5-7-12(8-6-11)22(24)25/h1-8H,9-10H2,(H,19,23). The maximum atomic E-state index is 13.7. The van der Waals surface area contributed by atoms with E-state index in [2.05, 4.69) is 15.5 Å². The van der Waals surface area contributed by atoms with Gasteiger partial charge in [0.25, 0.3) is 5.69 Å². The number of nitro benzene ring substituents is 1. The van der Waals surface area contributed by atoms with E-state index >= 15 is 0 Å². The minimum Gasteiger partial charge on any atom is -0.339 e. The molecular formula is C17H13FN4O4. The first kappa shape index (κ1) is 17.2. The van der Waals surface area contributed by atoms with Crippen LogP contribution in [0.1, 0.15) is 12.3 Å². The van der Waals surface area contributed by atoms with E-state index in [1.54, 1.807) is 12.1 Å². The first-order valence-electron chi connectivity index (χ1n) is 7.65. The van der Waals surface area contributed by atoms with Crippen LogP contribution < -0.4 is 5.32 Å². The third kappa shape index (κ3) is 4.07. The molecule has 2 aromatic carbocycles. The molecular weight excluding hydrogens is 343 g/mol. The number of benzene rings is 2. The van der Waals surface area contributed by atoms with Crippen LogP contribution in [-0.2, 0) is 11.2 Å². The summed E-state index contributed by atoms with van der Waals surface area (Å²) in [6.45, 7) is 0. The van der Waals surface area contributed by atoms with Crippen LogP contribution in [0, 0.1) is 15.9 Å². The van der Waals surface area contributed by atoms with Crippen LogP contribution in [0.5, 0.6) is 0 Å². The first-order valence-corrected chi connectivity index (χ1v) is 7.65. The van der Waals surface area contributed by atoms with Gasteiger partial charge >= 0.3 is 0 Å². The number of amides is 1. The Bertz CT molecular complexity index is 940. The summed E-state index contributed by atoms with van der Waals surface area (Å²) in [5, 5.41) is 16.9. The number of halogens is 1. The summed E-state index contributed by atoms with van der Waals surface area (Å²) in [5.74, 6) is -0.448. The van der Waals surface area contributed by atoms with Gasteiger partial charge in [-0.15, -0.1) is 0 Å². The fourth-order valence-electron chi connectivity index (χ4n) is 2.22. The van der Waals surface area contributed by atoms with Crippen LogP contribution in [0.4, 0.5) is 15.8 Å². The number of hydrogen-bond donors (Lipinski definition) is 1.